The highest BCUT2D eigenvalue weighted by molar-refractivity contribution is 6.31. The second-order valence-electron chi connectivity index (χ2n) is 6.26. The molecule has 7 heteroatoms. The second-order valence-corrected chi connectivity index (χ2v) is 6.70. The zero-order chi connectivity index (χ0) is 20.1. The number of benzene rings is 2. The molecule has 2 aromatic carbocycles. The zero-order valence-corrected chi connectivity index (χ0v) is 16.6. The maximum Gasteiger partial charge on any atom is 0.270 e. The number of nitrogens with one attached hydrogen (secondary N) is 2. The van der Waals surface area contributed by atoms with Crippen LogP contribution in [-0.4, -0.2) is 23.0 Å². The van der Waals surface area contributed by atoms with Gasteiger partial charge in [0.25, 0.3) is 5.91 Å². The van der Waals surface area contributed by atoms with Crippen molar-refractivity contribution in [2.75, 3.05) is 12.4 Å². The van der Waals surface area contributed by atoms with Crippen molar-refractivity contribution in [2.45, 2.75) is 19.9 Å². The maximum absolute atomic E-state index is 12.7. The summed E-state index contributed by atoms with van der Waals surface area (Å²) in [5, 5.41) is 6.66. The molecule has 28 heavy (non-hydrogen) atoms. The molecule has 0 saturated carbocycles. The van der Waals surface area contributed by atoms with E-state index in [1.807, 2.05) is 37.3 Å². The minimum atomic E-state index is -0.275. The van der Waals surface area contributed by atoms with Crippen molar-refractivity contribution in [3.05, 3.63) is 76.7 Å². The Morgan fingerprint density at radius 1 is 1.11 bits per heavy atom. The second kappa shape index (κ2) is 8.71. The Bertz CT molecular complexity index is 979. The lowest BCUT2D eigenvalue weighted by Gasteiger charge is -2.15. The highest BCUT2D eigenvalue weighted by Gasteiger charge is 2.15. The Labute approximate surface area is 168 Å². The molecule has 144 valence electrons. The first-order chi connectivity index (χ1) is 13.5. The molecule has 0 spiro atoms. The molecular formula is C21H21ClN4O2. The lowest BCUT2D eigenvalue weighted by atomic mass is 10.1. The third-order valence-corrected chi connectivity index (χ3v) is 4.38. The first-order valence-electron chi connectivity index (χ1n) is 8.78. The van der Waals surface area contributed by atoms with E-state index in [0.717, 1.165) is 5.56 Å². The number of carbonyl (C=O) groups is 1. The molecule has 0 saturated heterocycles. The molecule has 3 rings (SSSR count). The summed E-state index contributed by atoms with van der Waals surface area (Å²) in [6.45, 7) is 3.66. The van der Waals surface area contributed by atoms with Gasteiger partial charge < -0.3 is 15.4 Å². The van der Waals surface area contributed by atoms with Crippen molar-refractivity contribution >= 4 is 29.0 Å². The number of methoxy groups -OCH3 is 1. The van der Waals surface area contributed by atoms with E-state index < -0.39 is 0 Å². The summed E-state index contributed by atoms with van der Waals surface area (Å²) in [6.07, 6.45) is 0. The van der Waals surface area contributed by atoms with E-state index in [1.165, 1.54) is 0 Å². The van der Waals surface area contributed by atoms with Gasteiger partial charge in [-0.15, -0.1) is 0 Å². The Hall–Kier alpha value is -3.12. The summed E-state index contributed by atoms with van der Waals surface area (Å²) >= 11 is 6.08. The van der Waals surface area contributed by atoms with Gasteiger partial charge in [-0.25, -0.2) is 9.97 Å². The van der Waals surface area contributed by atoms with Gasteiger partial charge in [0, 0.05) is 11.1 Å². The van der Waals surface area contributed by atoms with Crippen LogP contribution in [0, 0.1) is 6.92 Å². The number of aromatic nitrogens is 2. The molecule has 0 radical (unpaired) electrons. The van der Waals surface area contributed by atoms with Crippen LogP contribution >= 0.6 is 11.6 Å². The van der Waals surface area contributed by atoms with Crippen molar-refractivity contribution in [2.24, 2.45) is 0 Å². The highest BCUT2D eigenvalue weighted by atomic mass is 35.5. The van der Waals surface area contributed by atoms with Crippen LogP contribution in [0.1, 0.15) is 34.8 Å². The quantitative estimate of drug-likeness (QED) is 0.632. The SMILES string of the molecule is COc1ccc(Cl)cc1Nc1cc(C(=O)NC(C)c2ccccc2)nc(C)n1. The van der Waals surface area contributed by atoms with Crippen LogP contribution in [0.25, 0.3) is 0 Å². The first kappa shape index (κ1) is 19.6. The Morgan fingerprint density at radius 3 is 2.57 bits per heavy atom. The fourth-order valence-corrected chi connectivity index (χ4v) is 2.93. The van der Waals surface area contributed by atoms with Gasteiger partial charge in [0.05, 0.1) is 18.8 Å². The summed E-state index contributed by atoms with van der Waals surface area (Å²) in [7, 11) is 1.57. The molecule has 1 atom stereocenters. The number of hydrogen-bond acceptors (Lipinski definition) is 5. The van der Waals surface area contributed by atoms with Crippen LogP contribution < -0.4 is 15.4 Å². The fraction of sp³-hybridized carbons (Fsp3) is 0.190. The number of hydrogen-bond donors (Lipinski definition) is 2. The Kier molecular flexibility index (Phi) is 6.11. The Balaban J connectivity index is 1.81. The average molecular weight is 397 g/mol. The third kappa shape index (κ3) is 4.78. The molecule has 0 aliphatic rings. The van der Waals surface area contributed by atoms with Gasteiger partial charge in [-0.1, -0.05) is 41.9 Å². The Morgan fingerprint density at radius 2 is 1.86 bits per heavy atom. The first-order valence-corrected chi connectivity index (χ1v) is 9.16. The molecule has 6 nitrogen and oxygen atoms in total. The van der Waals surface area contributed by atoms with E-state index >= 15 is 0 Å². The largest absolute Gasteiger partial charge is 0.495 e. The van der Waals surface area contributed by atoms with Gasteiger partial charge in [-0.2, -0.15) is 0 Å². The van der Waals surface area contributed by atoms with Crippen LogP contribution in [0.5, 0.6) is 5.75 Å². The maximum atomic E-state index is 12.7. The van der Waals surface area contributed by atoms with Gasteiger partial charge in [0.15, 0.2) is 0 Å². The van der Waals surface area contributed by atoms with Crippen LogP contribution in [0.4, 0.5) is 11.5 Å². The molecule has 0 aliphatic carbocycles. The molecular weight excluding hydrogens is 376 g/mol. The van der Waals surface area contributed by atoms with E-state index in [0.29, 0.717) is 28.1 Å². The van der Waals surface area contributed by atoms with Crippen molar-refractivity contribution in [3.8, 4) is 5.75 Å². The van der Waals surface area contributed by atoms with E-state index in [1.54, 1.807) is 38.3 Å². The molecule has 2 N–H and O–H groups in total. The topological polar surface area (TPSA) is 76.1 Å². The molecule has 1 heterocycles. The summed E-state index contributed by atoms with van der Waals surface area (Å²) in [5.41, 5.74) is 1.94. The third-order valence-electron chi connectivity index (χ3n) is 4.14. The number of nitrogens with zero attached hydrogens (tertiary/aromatic N) is 2. The zero-order valence-electron chi connectivity index (χ0n) is 15.9. The number of amides is 1. The van der Waals surface area contributed by atoms with Crippen LogP contribution in [0.15, 0.2) is 54.6 Å². The minimum absolute atomic E-state index is 0.145. The van der Waals surface area contributed by atoms with Crippen LogP contribution in [0.2, 0.25) is 5.02 Å². The van der Waals surface area contributed by atoms with Gasteiger partial charge >= 0.3 is 0 Å². The summed E-state index contributed by atoms with van der Waals surface area (Å²) in [6, 6.07) is 16.4. The van der Waals surface area contributed by atoms with E-state index in [4.69, 9.17) is 16.3 Å². The lowest BCUT2D eigenvalue weighted by Crippen LogP contribution is -2.27. The number of rotatable bonds is 6. The van der Waals surface area contributed by atoms with Crippen molar-refractivity contribution in [3.63, 3.8) is 0 Å². The van der Waals surface area contributed by atoms with Gasteiger partial charge in [0.2, 0.25) is 0 Å². The molecule has 1 aromatic heterocycles. The number of halogens is 1. The summed E-state index contributed by atoms with van der Waals surface area (Å²) in [5.74, 6) is 1.29. The highest BCUT2D eigenvalue weighted by Crippen LogP contribution is 2.30. The number of carbonyl (C=O) groups excluding carboxylic acids is 1. The van der Waals surface area contributed by atoms with Crippen molar-refractivity contribution < 1.29 is 9.53 Å². The van der Waals surface area contributed by atoms with E-state index in [9.17, 15) is 4.79 Å². The lowest BCUT2D eigenvalue weighted by molar-refractivity contribution is 0.0934. The fourth-order valence-electron chi connectivity index (χ4n) is 2.76. The van der Waals surface area contributed by atoms with Crippen LogP contribution in [-0.2, 0) is 0 Å². The standard InChI is InChI=1S/C21H21ClN4O2/c1-13(15-7-5-4-6-8-15)23-21(27)18-12-20(25-14(2)24-18)26-17-11-16(22)9-10-19(17)28-3/h4-13H,1-3H3,(H,23,27)(H,24,25,26). The average Bonchev–Trinajstić information content (AvgIpc) is 2.68. The van der Waals surface area contributed by atoms with E-state index in [2.05, 4.69) is 20.6 Å². The predicted molar refractivity (Wildman–Crippen MR) is 110 cm³/mol. The van der Waals surface area contributed by atoms with Gasteiger partial charge in [-0.3, -0.25) is 4.79 Å². The number of anilines is 2. The molecule has 3 aromatic rings. The van der Waals surface area contributed by atoms with Gasteiger partial charge in [-0.05, 0) is 37.6 Å². The number of ether oxygens (including phenoxy) is 1. The van der Waals surface area contributed by atoms with Crippen molar-refractivity contribution in [1.29, 1.82) is 0 Å². The molecule has 1 amide bonds. The number of aryl methyl sites for hydroxylation is 1. The van der Waals surface area contributed by atoms with Crippen molar-refractivity contribution in [1.82, 2.24) is 15.3 Å². The summed E-state index contributed by atoms with van der Waals surface area (Å²) in [4.78, 5) is 21.3. The van der Waals surface area contributed by atoms with Crippen LogP contribution in [0.3, 0.4) is 0 Å². The molecule has 0 aliphatic heterocycles. The molecule has 0 bridgehead atoms. The molecule has 0 fully saturated rings. The smallest absolute Gasteiger partial charge is 0.270 e. The normalized spacial score (nSPS) is 11.6. The monoisotopic (exact) mass is 396 g/mol. The predicted octanol–water partition coefficient (Wildman–Crippen LogP) is 4.68. The summed E-state index contributed by atoms with van der Waals surface area (Å²) < 4.78 is 5.34. The molecule has 1 unspecified atom stereocenters. The van der Waals surface area contributed by atoms with Gasteiger partial charge in [0.1, 0.15) is 23.1 Å². The van der Waals surface area contributed by atoms with E-state index in [-0.39, 0.29) is 17.6 Å². The minimum Gasteiger partial charge on any atom is -0.495 e.